The zero-order valence-corrected chi connectivity index (χ0v) is 7.87. The van der Waals surface area contributed by atoms with Crippen LogP contribution in [0.5, 0.6) is 0 Å². The number of aliphatic hydroxyl groups is 1. The van der Waals surface area contributed by atoms with Gasteiger partial charge < -0.3 is 9.90 Å². The largest absolute Gasteiger partial charge is 0.389 e. The maximum atomic E-state index is 10.7. The minimum absolute atomic E-state index is 0.0452. The highest BCUT2D eigenvalue weighted by Crippen LogP contribution is 2.37. The van der Waals surface area contributed by atoms with Crippen LogP contribution in [0.3, 0.4) is 0 Å². The Hall–Kier alpha value is -0.630. The van der Waals surface area contributed by atoms with Crippen molar-refractivity contribution in [2.75, 3.05) is 0 Å². The van der Waals surface area contributed by atoms with Gasteiger partial charge in [0, 0.05) is 5.92 Å². The van der Waals surface area contributed by atoms with E-state index in [1.807, 2.05) is 26.8 Å². The van der Waals surface area contributed by atoms with Crippen molar-refractivity contribution in [2.24, 2.45) is 11.3 Å². The Kier molecular flexibility index (Phi) is 2.38. The van der Waals surface area contributed by atoms with Crippen LogP contribution in [0, 0.1) is 11.3 Å². The Labute approximate surface area is 73.3 Å². The van der Waals surface area contributed by atoms with Gasteiger partial charge in [0.15, 0.2) is 0 Å². The summed E-state index contributed by atoms with van der Waals surface area (Å²) in [6.45, 7) is 5.97. The maximum Gasteiger partial charge on any atom is 0.124 e. The van der Waals surface area contributed by atoms with E-state index < -0.39 is 6.10 Å². The van der Waals surface area contributed by atoms with Crippen LogP contribution >= 0.6 is 0 Å². The van der Waals surface area contributed by atoms with Crippen LogP contribution in [0.1, 0.15) is 27.2 Å². The molecule has 68 valence electrons. The Balaban J connectivity index is 2.93. The molecule has 0 bridgehead atoms. The predicted octanol–water partition coefficient (Wildman–Crippen LogP) is 1.54. The molecule has 2 unspecified atom stereocenters. The molecule has 0 aromatic heterocycles. The molecule has 0 aromatic rings. The lowest BCUT2D eigenvalue weighted by Crippen LogP contribution is -2.33. The Bertz CT molecular complexity index is 216. The average molecular weight is 168 g/mol. The molecule has 0 fully saturated rings. The SMILES string of the molecule is CC1=CC(C)(C)C(C=O)CC1O. The van der Waals surface area contributed by atoms with Crippen LogP contribution < -0.4 is 0 Å². The van der Waals surface area contributed by atoms with Crippen LogP contribution in [0.15, 0.2) is 11.6 Å². The predicted molar refractivity (Wildman–Crippen MR) is 47.7 cm³/mol. The van der Waals surface area contributed by atoms with Gasteiger partial charge in [0.05, 0.1) is 6.10 Å². The molecule has 0 saturated heterocycles. The summed E-state index contributed by atoms with van der Waals surface area (Å²) >= 11 is 0. The normalized spacial score (nSPS) is 34.2. The summed E-state index contributed by atoms with van der Waals surface area (Å²) in [7, 11) is 0. The molecule has 0 aliphatic heterocycles. The number of allylic oxidation sites excluding steroid dienone is 1. The van der Waals surface area contributed by atoms with Gasteiger partial charge in [-0.15, -0.1) is 0 Å². The number of aldehydes is 1. The third kappa shape index (κ3) is 1.58. The van der Waals surface area contributed by atoms with Crippen molar-refractivity contribution < 1.29 is 9.90 Å². The molecule has 0 aromatic carbocycles. The molecule has 1 aliphatic carbocycles. The summed E-state index contributed by atoms with van der Waals surface area (Å²) in [6.07, 6.45) is 3.10. The third-order valence-corrected chi connectivity index (χ3v) is 2.72. The van der Waals surface area contributed by atoms with Gasteiger partial charge in [-0.25, -0.2) is 0 Å². The van der Waals surface area contributed by atoms with Crippen LogP contribution in [0.25, 0.3) is 0 Å². The van der Waals surface area contributed by atoms with E-state index in [1.54, 1.807) is 0 Å². The maximum absolute atomic E-state index is 10.7. The highest BCUT2D eigenvalue weighted by Gasteiger charge is 2.33. The zero-order chi connectivity index (χ0) is 9.35. The first-order chi connectivity index (χ1) is 5.47. The minimum atomic E-state index is -0.423. The van der Waals surface area contributed by atoms with E-state index in [9.17, 15) is 9.90 Å². The van der Waals surface area contributed by atoms with Crippen molar-refractivity contribution in [1.29, 1.82) is 0 Å². The lowest BCUT2D eigenvalue weighted by molar-refractivity contribution is -0.114. The fraction of sp³-hybridized carbons (Fsp3) is 0.700. The van der Waals surface area contributed by atoms with Crippen molar-refractivity contribution >= 4 is 6.29 Å². The minimum Gasteiger partial charge on any atom is -0.389 e. The second-order valence-electron chi connectivity index (χ2n) is 4.20. The molecule has 0 saturated carbocycles. The monoisotopic (exact) mass is 168 g/mol. The van der Waals surface area contributed by atoms with Crippen LogP contribution in [0.4, 0.5) is 0 Å². The number of hydrogen-bond acceptors (Lipinski definition) is 2. The summed E-state index contributed by atoms with van der Waals surface area (Å²) in [5.41, 5.74) is 0.892. The fourth-order valence-electron chi connectivity index (χ4n) is 1.75. The lowest BCUT2D eigenvalue weighted by atomic mass is 9.71. The molecule has 2 atom stereocenters. The second-order valence-corrected chi connectivity index (χ2v) is 4.20. The van der Waals surface area contributed by atoms with E-state index >= 15 is 0 Å². The molecule has 12 heavy (non-hydrogen) atoms. The van der Waals surface area contributed by atoms with E-state index in [1.165, 1.54) is 0 Å². The summed E-state index contributed by atoms with van der Waals surface area (Å²) in [4.78, 5) is 10.7. The van der Waals surface area contributed by atoms with Crippen LogP contribution in [0.2, 0.25) is 0 Å². The molecule has 0 spiro atoms. The van der Waals surface area contributed by atoms with Crippen LogP contribution in [-0.2, 0) is 4.79 Å². The van der Waals surface area contributed by atoms with Gasteiger partial charge in [0.1, 0.15) is 6.29 Å². The molecular formula is C10H16O2. The first kappa shape index (κ1) is 9.46. The van der Waals surface area contributed by atoms with Crippen molar-refractivity contribution in [3.63, 3.8) is 0 Å². The number of aliphatic hydroxyl groups excluding tert-OH is 1. The molecular weight excluding hydrogens is 152 g/mol. The molecule has 0 radical (unpaired) electrons. The number of carbonyl (C=O) groups is 1. The van der Waals surface area contributed by atoms with Gasteiger partial charge in [-0.3, -0.25) is 0 Å². The van der Waals surface area contributed by atoms with Gasteiger partial charge in [-0.2, -0.15) is 0 Å². The molecule has 1 aliphatic rings. The van der Waals surface area contributed by atoms with Crippen molar-refractivity contribution in [2.45, 2.75) is 33.3 Å². The average Bonchev–Trinajstić information content (AvgIpc) is 1.96. The molecule has 1 N–H and O–H groups in total. The van der Waals surface area contributed by atoms with Gasteiger partial charge in [0.25, 0.3) is 0 Å². The Morgan fingerprint density at radius 1 is 1.67 bits per heavy atom. The third-order valence-electron chi connectivity index (χ3n) is 2.72. The van der Waals surface area contributed by atoms with Crippen LogP contribution in [-0.4, -0.2) is 17.5 Å². The summed E-state index contributed by atoms with van der Waals surface area (Å²) in [6, 6.07) is 0. The first-order valence-electron chi connectivity index (χ1n) is 4.30. The molecule has 2 nitrogen and oxygen atoms in total. The molecule has 0 heterocycles. The molecule has 2 heteroatoms. The second kappa shape index (κ2) is 3.02. The van der Waals surface area contributed by atoms with Gasteiger partial charge in [0.2, 0.25) is 0 Å². The fourth-order valence-corrected chi connectivity index (χ4v) is 1.75. The smallest absolute Gasteiger partial charge is 0.124 e. The standard InChI is InChI=1S/C10H16O2/c1-7-5-10(2,3)8(6-11)4-9(7)12/h5-6,8-9,12H,4H2,1-3H3. The van der Waals surface area contributed by atoms with E-state index in [4.69, 9.17) is 0 Å². The van der Waals surface area contributed by atoms with Crippen molar-refractivity contribution in [3.8, 4) is 0 Å². The first-order valence-corrected chi connectivity index (χ1v) is 4.30. The molecule has 0 amide bonds. The topological polar surface area (TPSA) is 37.3 Å². The number of carbonyl (C=O) groups excluding carboxylic acids is 1. The Morgan fingerprint density at radius 3 is 2.75 bits per heavy atom. The highest BCUT2D eigenvalue weighted by molar-refractivity contribution is 5.56. The number of hydrogen-bond donors (Lipinski definition) is 1. The quantitative estimate of drug-likeness (QED) is 0.476. The summed E-state index contributed by atoms with van der Waals surface area (Å²) < 4.78 is 0. The van der Waals surface area contributed by atoms with Gasteiger partial charge in [-0.05, 0) is 24.3 Å². The Morgan fingerprint density at radius 2 is 2.25 bits per heavy atom. The molecule has 1 rings (SSSR count). The van der Waals surface area contributed by atoms with E-state index in [0.717, 1.165) is 11.9 Å². The summed E-state index contributed by atoms with van der Waals surface area (Å²) in [5.74, 6) is -0.0452. The van der Waals surface area contributed by atoms with Crippen molar-refractivity contribution in [1.82, 2.24) is 0 Å². The number of rotatable bonds is 1. The van der Waals surface area contributed by atoms with E-state index in [-0.39, 0.29) is 11.3 Å². The zero-order valence-electron chi connectivity index (χ0n) is 7.87. The van der Waals surface area contributed by atoms with E-state index in [2.05, 4.69) is 0 Å². The van der Waals surface area contributed by atoms with E-state index in [0.29, 0.717) is 6.42 Å². The lowest BCUT2D eigenvalue weighted by Gasteiger charge is -2.35. The summed E-state index contributed by atoms with van der Waals surface area (Å²) in [5, 5.41) is 9.48. The van der Waals surface area contributed by atoms with Crippen molar-refractivity contribution in [3.05, 3.63) is 11.6 Å². The highest BCUT2D eigenvalue weighted by atomic mass is 16.3. The van der Waals surface area contributed by atoms with Gasteiger partial charge >= 0.3 is 0 Å². The van der Waals surface area contributed by atoms with Gasteiger partial charge in [-0.1, -0.05) is 19.9 Å².